The summed E-state index contributed by atoms with van der Waals surface area (Å²) in [5.41, 5.74) is 9.73. The molecule has 0 fully saturated rings. The molecule has 216 valence electrons. The van der Waals surface area contributed by atoms with Crippen LogP contribution in [0.5, 0.6) is 0 Å². The van der Waals surface area contributed by atoms with E-state index in [1.807, 2.05) is 12.1 Å². The molecule has 0 aliphatic carbocycles. The van der Waals surface area contributed by atoms with E-state index in [0.717, 1.165) is 44.6 Å². The smallest absolute Gasteiger partial charge is 0.137 e. The molecule has 46 heavy (non-hydrogen) atoms. The molecule has 0 aliphatic rings. The average Bonchev–Trinajstić information content (AvgIpc) is 3.50. The molecule has 0 N–H and O–H groups in total. The second-order valence-corrected chi connectivity index (χ2v) is 11.7. The summed E-state index contributed by atoms with van der Waals surface area (Å²) in [6.07, 6.45) is 0. The Morgan fingerprint density at radius 3 is 1.87 bits per heavy atom. The highest BCUT2D eigenvalue weighted by Crippen LogP contribution is 2.48. The molecular weight excluding hydrogens is 558 g/mol. The van der Waals surface area contributed by atoms with Gasteiger partial charge in [-0.25, -0.2) is 0 Å². The zero-order chi connectivity index (χ0) is 30.5. The lowest BCUT2D eigenvalue weighted by atomic mass is 9.91. The number of fused-ring (bicyclic) bond motifs is 5. The van der Waals surface area contributed by atoms with E-state index in [2.05, 4.69) is 169 Å². The molecule has 9 rings (SSSR count). The van der Waals surface area contributed by atoms with Crippen LogP contribution in [0.25, 0.3) is 65.7 Å². The first kappa shape index (κ1) is 26.3. The summed E-state index contributed by atoms with van der Waals surface area (Å²) in [5, 5.41) is 7.11. The van der Waals surface area contributed by atoms with Crippen LogP contribution in [0.1, 0.15) is 0 Å². The van der Waals surface area contributed by atoms with Crippen molar-refractivity contribution in [1.82, 2.24) is 0 Å². The van der Waals surface area contributed by atoms with Gasteiger partial charge in [-0.15, -0.1) is 0 Å². The average molecular weight is 588 g/mol. The van der Waals surface area contributed by atoms with Gasteiger partial charge in [-0.2, -0.15) is 0 Å². The maximum Gasteiger partial charge on any atom is 0.137 e. The summed E-state index contributed by atoms with van der Waals surface area (Å²) >= 11 is 0. The maximum atomic E-state index is 6.45. The summed E-state index contributed by atoms with van der Waals surface area (Å²) in [7, 11) is 0. The molecule has 1 heterocycles. The van der Waals surface area contributed by atoms with Gasteiger partial charge in [0.1, 0.15) is 11.2 Å². The van der Waals surface area contributed by atoms with Crippen molar-refractivity contribution in [3.05, 3.63) is 176 Å². The van der Waals surface area contributed by atoms with Gasteiger partial charge >= 0.3 is 0 Å². The molecule has 0 saturated carbocycles. The lowest BCUT2D eigenvalue weighted by molar-refractivity contribution is 0.669. The van der Waals surface area contributed by atoms with E-state index in [1.54, 1.807) is 0 Å². The highest BCUT2D eigenvalue weighted by molar-refractivity contribution is 6.12. The zero-order valence-corrected chi connectivity index (χ0v) is 25.1. The first-order valence-electron chi connectivity index (χ1n) is 15.7. The SMILES string of the molecule is c1ccc(-c2ccccc2N(c2ccc3c(c2)oc2ccccc23)c2ccc3ccccc3c2-c2cccc3ccccc23)cc1. The number of hydrogen-bond donors (Lipinski definition) is 0. The predicted molar refractivity (Wildman–Crippen MR) is 194 cm³/mol. The van der Waals surface area contributed by atoms with Crippen molar-refractivity contribution in [2.75, 3.05) is 4.90 Å². The first-order chi connectivity index (χ1) is 22.8. The van der Waals surface area contributed by atoms with Gasteiger partial charge in [-0.3, -0.25) is 0 Å². The summed E-state index contributed by atoms with van der Waals surface area (Å²) in [5.74, 6) is 0. The molecule has 0 atom stereocenters. The fourth-order valence-corrected chi connectivity index (χ4v) is 6.96. The second kappa shape index (κ2) is 10.8. The second-order valence-electron chi connectivity index (χ2n) is 11.7. The number of anilines is 3. The van der Waals surface area contributed by atoms with Crippen molar-refractivity contribution in [1.29, 1.82) is 0 Å². The van der Waals surface area contributed by atoms with E-state index in [9.17, 15) is 0 Å². The Morgan fingerprint density at radius 1 is 0.370 bits per heavy atom. The van der Waals surface area contributed by atoms with Crippen molar-refractivity contribution in [3.63, 3.8) is 0 Å². The van der Waals surface area contributed by atoms with Gasteiger partial charge < -0.3 is 9.32 Å². The van der Waals surface area contributed by atoms with Crippen molar-refractivity contribution in [2.24, 2.45) is 0 Å². The number of benzene rings is 8. The Morgan fingerprint density at radius 2 is 1.00 bits per heavy atom. The molecule has 1 aromatic heterocycles. The standard InChI is InChI=1S/C44H29NO/c1-2-13-31(14-3-1)35-19-8-10-23-40(35)45(33-26-27-38-37-21-9-11-24-42(37)46-43(38)29-33)41-28-25-32-16-5-7-20-36(32)44(41)39-22-12-17-30-15-4-6-18-34(30)39/h1-29H. The number of rotatable bonds is 5. The summed E-state index contributed by atoms with van der Waals surface area (Å²) < 4.78 is 6.45. The van der Waals surface area contributed by atoms with E-state index < -0.39 is 0 Å². The number of hydrogen-bond acceptors (Lipinski definition) is 2. The molecule has 2 nitrogen and oxygen atoms in total. The van der Waals surface area contributed by atoms with E-state index in [0.29, 0.717) is 0 Å². The largest absolute Gasteiger partial charge is 0.456 e. The van der Waals surface area contributed by atoms with Crippen LogP contribution in [0.2, 0.25) is 0 Å². The number of para-hydroxylation sites is 2. The third kappa shape index (κ3) is 4.27. The summed E-state index contributed by atoms with van der Waals surface area (Å²) in [6.45, 7) is 0. The molecular formula is C44H29NO. The van der Waals surface area contributed by atoms with E-state index in [1.165, 1.54) is 38.2 Å². The van der Waals surface area contributed by atoms with E-state index in [-0.39, 0.29) is 0 Å². The molecule has 8 aromatic carbocycles. The monoisotopic (exact) mass is 587 g/mol. The Labute approximate surface area is 267 Å². The highest BCUT2D eigenvalue weighted by atomic mass is 16.3. The van der Waals surface area contributed by atoms with Gasteiger partial charge in [0.15, 0.2) is 0 Å². The molecule has 0 bridgehead atoms. The zero-order valence-electron chi connectivity index (χ0n) is 25.1. The minimum absolute atomic E-state index is 0.869. The molecule has 0 spiro atoms. The summed E-state index contributed by atoms with van der Waals surface area (Å²) in [6, 6.07) is 62.8. The van der Waals surface area contributed by atoms with Crippen LogP contribution < -0.4 is 4.90 Å². The highest BCUT2D eigenvalue weighted by Gasteiger charge is 2.23. The molecule has 0 unspecified atom stereocenters. The van der Waals surface area contributed by atoms with Crippen LogP contribution in [0.3, 0.4) is 0 Å². The third-order valence-corrected chi connectivity index (χ3v) is 9.06. The number of furan rings is 1. The fourth-order valence-electron chi connectivity index (χ4n) is 6.96. The van der Waals surface area contributed by atoms with Crippen LogP contribution in [0.15, 0.2) is 180 Å². The van der Waals surface area contributed by atoms with Crippen molar-refractivity contribution in [2.45, 2.75) is 0 Å². The topological polar surface area (TPSA) is 16.4 Å². The lowest BCUT2D eigenvalue weighted by Gasteiger charge is -2.31. The molecule has 0 radical (unpaired) electrons. The van der Waals surface area contributed by atoms with Crippen molar-refractivity contribution < 1.29 is 4.42 Å². The molecule has 2 heteroatoms. The van der Waals surface area contributed by atoms with Crippen LogP contribution in [-0.4, -0.2) is 0 Å². The maximum absolute atomic E-state index is 6.45. The minimum Gasteiger partial charge on any atom is -0.456 e. The van der Waals surface area contributed by atoms with Gasteiger partial charge in [-0.1, -0.05) is 140 Å². The molecule has 0 amide bonds. The number of nitrogens with zero attached hydrogens (tertiary/aromatic N) is 1. The lowest BCUT2D eigenvalue weighted by Crippen LogP contribution is -2.12. The Kier molecular flexibility index (Phi) is 6.17. The van der Waals surface area contributed by atoms with Gasteiger partial charge in [0.2, 0.25) is 0 Å². The Balaban J connectivity index is 1.39. The predicted octanol–water partition coefficient (Wildman–Crippen LogP) is 12.7. The molecule has 0 aliphatic heterocycles. The van der Waals surface area contributed by atoms with E-state index >= 15 is 0 Å². The minimum atomic E-state index is 0.869. The Hall–Kier alpha value is -6.12. The normalized spacial score (nSPS) is 11.5. The van der Waals surface area contributed by atoms with Gasteiger partial charge in [0.25, 0.3) is 0 Å². The van der Waals surface area contributed by atoms with Crippen LogP contribution >= 0.6 is 0 Å². The van der Waals surface area contributed by atoms with Gasteiger partial charge in [0.05, 0.1) is 11.4 Å². The van der Waals surface area contributed by atoms with Gasteiger partial charge in [0, 0.05) is 33.7 Å². The first-order valence-corrected chi connectivity index (χ1v) is 15.7. The Bertz CT molecular complexity index is 2540. The van der Waals surface area contributed by atoms with Crippen molar-refractivity contribution >= 4 is 60.5 Å². The fraction of sp³-hybridized carbons (Fsp3) is 0. The summed E-state index contributed by atoms with van der Waals surface area (Å²) in [4.78, 5) is 2.42. The van der Waals surface area contributed by atoms with Gasteiger partial charge in [-0.05, 0) is 63.0 Å². The molecule has 9 aromatic rings. The van der Waals surface area contributed by atoms with Crippen molar-refractivity contribution in [3.8, 4) is 22.3 Å². The molecule has 0 saturated heterocycles. The van der Waals surface area contributed by atoms with Crippen LogP contribution in [0.4, 0.5) is 17.1 Å². The van der Waals surface area contributed by atoms with Crippen LogP contribution in [-0.2, 0) is 0 Å². The van der Waals surface area contributed by atoms with E-state index in [4.69, 9.17) is 4.42 Å². The third-order valence-electron chi connectivity index (χ3n) is 9.06. The van der Waals surface area contributed by atoms with Crippen LogP contribution in [0, 0.1) is 0 Å². The quantitative estimate of drug-likeness (QED) is 0.199.